The van der Waals surface area contributed by atoms with Crippen LogP contribution in [-0.2, 0) is 16.8 Å². The van der Waals surface area contributed by atoms with Crippen LogP contribution in [-0.4, -0.2) is 22.0 Å². The fourth-order valence-electron chi connectivity index (χ4n) is 4.04. The van der Waals surface area contributed by atoms with Crippen LogP contribution in [0.15, 0.2) is 59.7 Å². The van der Waals surface area contributed by atoms with Crippen LogP contribution in [0.1, 0.15) is 36.8 Å². The molecule has 5 heteroatoms. The molecule has 0 bridgehead atoms. The molecule has 0 unspecified atom stereocenters. The van der Waals surface area contributed by atoms with Gasteiger partial charge in [0.25, 0.3) is 5.56 Å². The third kappa shape index (κ3) is 3.44. The lowest BCUT2D eigenvalue weighted by atomic mass is 9.64. The Morgan fingerprint density at radius 2 is 1.93 bits per heavy atom. The van der Waals surface area contributed by atoms with E-state index < -0.39 is 0 Å². The van der Waals surface area contributed by atoms with Gasteiger partial charge >= 0.3 is 0 Å². The molecule has 5 nitrogen and oxygen atoms in total. The third-order valence-electron chi connectivity index (χ3n) is 5.96. The maximum absolute atomic E-state index is 12.6. The van der Waals surface area contributed by atoms with Gasteiger partial charge in [-0.15, -0.1) is 0 Å². The molecule has 0 saturated heterocycles. The smallest absolute Gasteiger partial charge is 0.261 e. The number of carbonyl (C=O) groups excluding carboxylic acids is 1. The van der Waals surface area contributed by atoms with Crippen molar-refractivity contribution in [3.8, 4) is 0 Å². The lowest BCUT2D eigenvalue weighted by Crippen LogP contribution is -2.45. The van der Waals surface area contributed by atoms with E-state index in [1.165, 1.54) is 16.6 Å². The van der Waals surface area contributed by atoms with Gasteiger partial charge in [-0.3, -0.25) is 14.2 Å². The summed E-state index contributed by atoms with van der Waals surface area (Å²) in [5.41, 5.74) is 2.97. The number of carbonyl (C=O) groups is 1. The number of rotatable bonds is 6. The molecule has 1 aliphatic rings. The van der Waals surface area contributed by atoms with Crippen LogP contribution in [0.5, 0.6) is 0 Å². The number of nitrogens with zero attached hydrogens (tertiary/aromatic N) is 2. The summed E-state index contributed by atoms with van der Waals surface area (Å²) >= 11 is 0. The standard InChI is InChI=1S/C23H25N3O2/c1-17-7-5-10-19-21(17)25-16-26(22(19)28)14-11-20(27)24-15-23(12-6-13-23)18-8-3-2-4-9-18/h2-5,7-10,16H,6,11-15H2,1H3,(H,24,27). The predicted octanol–water partition coefficient (Wildman–Crippen LogP) is 3.33. The van der Waals surface area contributed by atoms with E-state index in [2.05, 4.69) is 34.6 Å². The normalized spacial score (nSPS) is 15.2. The molecule has 0 atom stereocenters. The summed E-state index contributed by atoms with van der Waals surface area (Å²) in [6.07, 6.45) is 5.21. The van der Waals surface area contributed by atoms with Crippen molar-refractivity contribution in [2.75, 3.05) is 6.54 Å². The summed E-state index contributed by atoms with van der Waals surface area (Å²) in [4.78, 5) is 29.5. The van der Waals surface area contributed by atoms with E-state index in [0.717, 1.165) is 23.9 Å². The van der Waals surface area contributed by atoms with Gasteiger partial charge < -0.3 is 5.32 Å². The first-order valence-electron chi connectivity index (χ1n) is 9.86. The molecular formula is C23H25N3O2. The minimum atomic E-state index is -0.0961. The number of hydrogen-bond acceptors (Lipinski definition) is 3. The molecule has 0 radical (unpaired) electrons. The predicted molar refractivity (Wildman–Crippen MR) is 110 cm³/mol. The summed E-state index contributed by atoms with van der Waals surface area (Å²) in [6, 6.07) is 16.0. The Morgan fingerprint density at radius 1 is 1.14 bits per heavy atom. The van der Waals surface area contributed by atoms with E-state index >= 15 is 0 Å². The fraction of sp³-hybridized carbons (Fsp3) is 0.348. The third-order valence-corrected chi connectivity index (χ3v) is 5.96. The highest BCUT2D eigenvalue weighted by Crippen LogP contribution is 2.43. The lowest BCUT2D eigenvalue weighted by Gasteiger charge is -2.42. The van der Waals surface area contributed by atoms with Crippen molar-refractivity contribution in [1.82, 2.24) is 14.9 Å². The Hall–Kier alpha value is -2.95. The lowest BCUT2D eigenvalue weighted by molar-refractivity contribution is -0.121. The highest BCUT2D eigenvalue weighted by atomic mass is 16.1. The van der Waals surface area contributed by atoms with Crippen LogP contribution in [0.4, 0.5) is 0 Å². The van der Waals surface area contributed by atoms with Gasteiger partial charge in [-0.05, 0) is 37.0 Å². The van der Waals surface area contributed by atoms with Crippen molar-refractivity contribution in [1.29, 1.82) is 0 Å². The largest absolute Gasteiger partial charge is 0.355 e. The zero-order valence-corrected chi connectivity index (χ0v) is 16.1. The molecule has 28 heavy (non-hydrogen) atoms. The van der Waals surface area contributed by atoms with Crippen LogP contribution in [0, 0.1) is 6.92 Å². The molecule has 0 aliphatic heterocycles. The Morgan fingerprint density at radius 3 is 2.64 bits per heavy atom. The van der Waals surface area contributed by atoms with Crippen LogP contribution in [0.2, 0.25) is 0 Å². The number of para-hydroxylation sites is 1. The van der Waals surface area contributed by atoms with Gasteiger partial charge in [0.1, 0.15) is 0 Å². The highest BCUT2D eigenvalue weighted by Gasteiger charge is 2.38. The minimum Gasteiger partial charge on any atom is -0.355 e. The molecule has 144 valence electrons. The number of amides is 1. The van der Waals surface area contributed by atoms with Crippen molar-refractivity contribution in [3.05, 3.63) is 76.3 Å². The minimum absolute atomic E-state index is 0.0292. The number of nitrogens with one attached hydrogen (secondary N) is 1. The molecular weight excluding hydrogens is 350 g/mol. The van der Waals surface area contributed by atoms with E-state index in [-0.39, 0.29) is 23.3 Å². The van der Waals surface area contributed by atoms with Gasteiger partial charge in [-0.25, -0.2) is 4.98 Å². The van der Waals surface area contributed by atoms with E-state index in [4.69, 9.17) is 0 Å². The number of benzene rings is 2. The van der Waals surface area contributed by atoms with Crippen LogP contribution in [0.3, 0.4) is 0 Å². The molecule has 3 aromatic rings. The zero-order chi connectivity index (χ0) is 19.6. The Labute approximate surface area is 164 Å². The summed E-state index contributed by atoms with van der Waals surface area (Å²) in [7, 11) is 0. The van der Waals surface area contributed by atoms with Gasteiger partial charge in [0.05, 0.1) is 17.2 Å². The Bertz CT molecular complexity index is 1050. The zero-order valence-electron chi connectivity index (χ0n) is 16.1. The fourth-order valence-corrected chi connectivity index (χ4v) is 4.04. The second-order valence-electron chi connectivity index (χ2n) is 7.74. The molecule has 4 rings (SSSR count). The topological polar surface area (TPSA) is 64.0 Å². The first-order valence-corrected chi connectivity index (χ1v) is 9.86. The monoisotopic (exact) mass is 375 g/mol. The van der Waals surface area contributed by atoms with Crippen LogP contribution < -0.4 is 10.9 Å². The van der Waals surface area contributed by atoms with Gasteiger partial charge in [-0.1, -0.05) is 48.9 Å². The van der Waals surface area contributed by atoms with Crippen molar-refractivity contribution >= 4 is 16.8 Å². The van der Waals surface area contributed by atoms with Crippen molar-refractivity contribution in [3.63, 3.8) is 0 Å². The van der Waals surface area contributed by atoms with Gasteiger partial charge in [0.15, 0.2) is 0 Å². The molecule has 1 fully saturated rings. The number of aromatic nitrogens is 2. The SMILES string of the molecule is Cc1cccc2c(=O)n(CCC(=O)NCC3(c4ccccc4)CCC3)cnc12. The van der Waals surface area contributed by atoms with E-state index in [1.54, 1.807) is 12.4 Å². The second-order valence-corrected chi connectivity index (χ2v) is 7.74. The summed E-state index contributed by atoms with van der Waals surface area (Å²) in [5.74, 6) is -0.0292. The first kappa shape index (κ1) is 18.4. The average molecular weight is 375 g/mol. The van der Waals surface area contributed by atoms with Crippen molar-refractivity contribution in [2.45, 2.75) is 44.6 Å². The van der Waals surface area contributed by atoms with Gasteiger partial charge in [0.2, 0.25) is 5.91 Å². The summed E-state index contributed by atoms with van der Waals surface area (Å²) in [6.45, 7) is 2.93. The molecule has 1 N–H and O–H groups in total. The van der Waals surface area contributed by atoms with Gasteiger partial charge in [0, 0.05) is 24.9 Å². The number of aryl methyl sites for hydroxylation is 2. The molecule has 2 aromatic carbocycles. The number of fused-ring (bicyclic) bond motifs is 1. The van der Waals surface area contributed by atoms with Crippen molar-refractivity contribution in [2.24, 2.45) is 0 Å². The van der Waals surface area contributed by atoms with E-state index in [0.29, 0.717) is 18.5 Å². The van der Waals surface area contributed by atoms with Gasteiger partial charge in [-0.2, -0.15) is 0 Å². The summed E-state index contributed by atoms with van der Waals surface area (Å²) in [5, 5.41) is 3.68. The quantitative estimate of drug-likeness (QED) is 0.719. The summed E-state index contributed by atoms with van der Waals surface area (Å²) < 4.78 is 1.53. The number of hydrogen-bond donors (Lipinski definition) is 1. The Balaban J connectivity index is 1.39. The average Bonchev–Trinajstić information content (AvgIpc) is 2.68. The van der Waals surface area contributed by atoms with E-state index in [1.807, 2.05) is 25.1 Å². The molecule has 1 saturated carbocycles. The van der Waals surface area contributed by atoms with Crippen molar-refractivity contribution < 1.29 is 4.79 Å². The second kappa shape index (κ2) is 7.58. The molecule has 1 aliphatic carbocycles. The molecule has 1 amide bonds. The first-order chi connectivity index (χ1) is 13.6. The Kier molecular flexibility index (Phi) is 4.99. The maximum Gasteiger partial charge on any atom is 0.261 e. The van der Waals surface area contributed by atoms with Crippen LogP contribution >= 0.6 is 0 Å². The molecule has 1 heterocycles. The highest BCUT2D eigenvalue weighted by molar-refractivity contribution is 5.80. The molecule has 0 spiro atoms. The molecule has 1 aromatic heterocycles. The van der Waals surface area contributed by atoms with E-state index in [9.17, 15) is 9.59 Å². The maximum atomic E-state index is 12.6. The van der Waals surface area contributed by atoms with Crippen LogP contribution in [0.25, 0.3) is 10.9 Å².